The molecule has 1 fully saturated rings. The molecule has 5 heteroatoms. The van der Waals surface area contributed by atoms with Crippen LogP contribution in [0.5, 0.6) is 5.75 Å². The van der Waals surface area contributed by atoms with Crippen LogP contribution in [0.2, 0.25) is 0 Å². The van der Waals surface area contributed by atoms with E-state index in [-0.39, 0.29) is 17.9 Å². The van der Waals surface area contributed by atoms with Gasteiger partial charge in [0.2, 0.25) is 5.91 Å². The van der Waals surface area contributed by atoms with E-state index in [0.29, 0.717) is 24.8 Å². The molecule has 1 aliphatic carbocycles. The zero-order valence-electron chi connectivity index (χ0n) is 17.1. The summed E-state index contributed by atoms with van der Waals surface area (Å²) >= 11 is 0. The van der Waals surface area contributed by atoms with Crippen molar-refractivity contribution in [3.05, 3.63) is 65.2 Å². The van der Waals surface area contributed by atoms with Gasteiger partial charge in [-0.1, -0.05) is 43.3 Å². The van der Waals surface area contributed by atoms with E-state index in [1.54, 1.807) is 6.92 Å². The molecule has 2 atom stereocenters. The first-order valence-electron chi connectivity index (χ1n) is 10.5. The highest BCUT2D eigenvalue weighted by atomic mass is 16.5. The van der Waals surface area contributed by atoms with Gasteiger partial charge in [-0.25, -0.2) is 0 Å². The summed E-state index contributed by atoms with van der Waals surface area (Å²) in [6, 6.07) is 16.3. The molecule has 2 amide bonds. The van der Waals surface area contributed by atoms with Gasteiger partial charge < -0.3 is 15.0 Å². The molecule has 0 aromatic heterocycles. The first-order valence-corrected chi connectivity index (χ1v) is 10.5. The van der Waals surface area contributed by atoms with Crippen molar-refractivity contribution in [3.8, 4) is 5.75 Å². The van der Waals surface area contributed by atoms with Gasteiger partial charge in [0.1, 0.15) is 5.75 Å². The molecule has 4 rings (SSSR count). The molecule has 2 aromatic rings. The molecule has 0 bridgehead atoms. The number of nitrogens with zero attached hydrogens (tertiary/aromatic N) is 1. The zero-order valence-corrected chi connectivity index (χ0v) is 17.1. The molecule has 152 valence electrons. The number of hydrogen-bond donors (Lipinski definition) is 1. The van der Waals surface area contributed by atoms with E-state index in [4.69, 9.17) is 4.74 Å². The number of amides is 2. The Morgan fingerprint density at radius 1 is 1.17 bits per heavy atom. The fourth-order valence-corrected chi connectivity index (χ4v) is 3.94. The summed E-state index contributed by atoms with van der Waals surface area (Å²) < 4.78 is 5.96. The minimum atomic E-state index is -0.555. The summed E-state index contributed by atoms with van der Waals surface area (Å²) in [5, 5.41) is 2.98. The van der Waals surface area contributed by atoms with Gasteiger partial charge >= 0.3 is 0 Å². The van der Waals surface area contributed by atoms with Crippen LogP contribution in [0.1, 0.15) is 55.8 Å². The second kappa shape index (κ2) is 8.27. The lowest BCUT2D eigenvalue weighted by Gasteiger charge is -2.38. The topological polar surface area (TPSA) is 58.6 Å². The van der Waals surface area contributed by atoms with E-state index >= 15 is 0 Å². The van der Waals surface area contributed by atoms with E-state index in [9.17, 15) is 9.59 Å². The Kier molecular flexibility index (Phi) is 5.56. The molecule has 1 heterocycles. The highest BCUT2D eigenvalue weighted by Crippen LogP contribution is 2.37. The monoisotopic (exact) mass is 392 g/mol. The molecule has 1 N–H and O–H groups in total. The van der Waals surface area contributed by atoms with Gasteiger partial charge in [0.25, 0.3) is 5.91 Å². The highest BCUT2D eigenvalue weighted by Gasteiger charge is 2.32. The molecule has 2 aromatic carbocycles. The summed E-state index contributed by atoms with van der Waals surface area (Å²) in [7, 11) is 0. The lowest BCUT2D eigenvalue weighted by Crippen LogP contribution is -2.40. The van der Waals surface area contributed by atoms with Crippen LogP contribution in [0, 0.1) is 0 Å². The molecular formula is C24H28N2O3. The average Bonchev–Trinajstić information content (AvgIpc) is 3.56. The van der Waals surface area contributed by atoms with Crippen LogP contribution in [-0.4, -0.2) is 35.4 Å². The Morgan fingerprint density at radius 2 is 1.93 bits per heavy atom. The second-order valence-electron chi connectivity index (χ2n) is 7.91. The molecule has 0 radical (unpaired) electrons. The minimum absolute atomic E-state index is 0.0763. The van der Waals surface area contributed by atoms with Gasteiger partial charge in [0.05, 0.1) is 6.04 Å². The minimum Gasteiger partial charge on any atom is -0.481 e. The predicted molar refractivity (Wildman–Crippen MR) is 112 cm³/mol. The van der Waals surface area contributed by atoms with E-state index in [0.717, 1.165) is 30.4 Å². The Balaban J connectivity index is 1.63. The van der Waals surface area contributed by atoms with Crippen molar-refractivity contribution in [3.63, 3.8) is 0 Å². The van der Waals surface area contributed by atoms with E-state index in [1.165, 1.54) is 5.56 Å². The van der Waals surface area contributed by atoms with Crippen molar-refractivity contribution in [1.29, 1.82) is 0 Å². The molecule has 2 aliphatic rings. The van der Waals surface area contributed by atoms with Crippen molar-refractivity contribution < 1.29 is 14.3 Å². The number of carbonyl (C=O) groups is 2. The summed E-state index contributed by atoms with van der Waals surface area (Å²) in [4.78, 5) is 26.9. The Morgan fingerprint density at radius 3 is 2.62 bits per heavy atom. The number of hydrogen-bond acceptors (Lipinski definition) is 3. The number of rotatable bonds is 6. The maximum Gasteiger partial charge on any atom is 0.260 e. The standard InChI is InChI=1S/C24H28N2O3/c1-3-22(27)26-14-13-17-9-12-20(29-16(2)24(28)25-19-10-11-19)15-21(17)23(26)18-7-5-4-6-8-18/h4-9,12,15-16,19,23H,3,10-11,13-14H2,1-2H3,(H,25,28). The van der Waals surface area contributed by atoms with Crippen LogP contribution in [-0.2, 0) is 16.0 Å². The first-order chi connectivity index (χ1) is 14.1. The summed E-state index contributed by atoms with van der Waals surface area (Å²) in [5.74, 6) is 0.731. The van der Waals surface area contributed by atoms with E-state index < -0.39 is 6.10 Å². The molecule has 29 heavy (non-hydrogen) atoms. The number of fused-ring (bicyclic) bond motifs is 1. The lowest BCUT2D eigenvalue weighted by atomic mass is 9.87. The highest BCUT2D eigenvalue weighted by molar-refractivity contribution is 5.81. The average molecular weight is 392 g/mol. The third kappa shape index (κ3) is 4.29. The van der Waals surface area contributed by atoms with Gasteiger partial charge in [-0.2, -0.15) is 0 Å². The fourth-order valence-electron chi connectivity index (χ4n) is 3.94. The van der Waals surface area contributed by atoms with Crippen molar-refractivity contribution in [2.45, 2.75) is 57.7 Å². The quantitative estimate of drug-likeness (QED) is 0.817. The van der Waals surface area contributed by atoms with Gasteiger partial charge in [-0.3, -0.25) is 9.59 Å². The Bertz CT molecular complexity index is 892. The molecule has 1 aliphatic heterocycles. The maximum atomic E-state index is 12.7. The van der Waals surface area contributed by atoms with Gasteiger partial charge in [-0.05, 0) is 55.0 Å². The van der Waals surface area contributed by atoms with Crippen LogP contribution in [0.4, 0.5) is 0 Å². The smallest absolute Gasteiger partial charge is 0.260 e. The normalized spacial score (nSPS) is 19.2. The van der Waals surface area contributed by atoms with Gasteiger partial charge in [0, 0.05) is 19.0 Å². The lowest BCUT2D eigenvalue weighted by molar-refractivity contribution is -0.133. The molecule has 5 nitrogen and oxygen atoms in total. The Hall–Kier alpha value is -2.82. The summed E-state index contributed by atoms with van der Waals surface area (Å²) in [6.45, 7) is 4.39. The Labute approximate surface area is 172 Å². The van der Waals surface area contributed by atoms with Crippen LogP contribution < -0.4 is 10.1 Å². The zero-order chi connectivity index (χ0) is 20.4. The molecule has 1 saturated carbocycles. The van der Waals surface area contributed by atoms with Crippen LogP contribution in [0.25, 0.3) is 0 Å². The van der Waals surface area contributed by atoms with Crippen molar-refractivity contribution in [2.24, 2.45) is 0 Å². The number of ether oxygens (including phenoxy) is 1. The number of nitrogens with one attached hydrogen (secondary N) is 1. The third-order valence-electron chi connectivity index (χ3n) is 5.69. The van der Waals surface area contributed by atoms with Crippen LogP contribution >= 0.6 is 0 Å². The van der Waals surface area contributed by atoms with Gasteiger partial charge in [0.15, 0.2) is 6.10 Å². The molecule has 0 saturated heterocycles. The predicted octanol–water partition coefficient (Wildman–Crippen LogP) is 3.62. The summed E-state index contributed by atoms with van der Waals surface area (Å²) in [6.07, 6.45) is 2.85. The van der Waals surface area contributed by atoms with Crippen LogP contribution in [0.15, 0.2) is 48.5 Å². The van der Waals surface area contributed by atoms with Gasteiger partial charge in [-0.15, -0.1) is 0 Å². The molecule has 2 unspecified atom stereocenters. The number of benzene rings is 2. The maximum absolute atomic E-state index is 12.7. The van der Waals surface area contributed by atoms with E-state index in [2.05, 4.69) is 23.5 Å². The number of carbonyl (C=O) groups excluding carboxylic acids is 2. The largest absolute Gasteiger partial charge is 0.481 e. The van der Waals surface area contributed by atoms with Crippen molar-refractivity contribution >= 4 is 11.8 Å². The second-order valence-corrected chi connectivity index (χ2v) is 7.91. The third-order valence-corrected chi connectivity index (χ3v) is 5.69. The SMILES string of the molecule is CCC(=O)N1CCc2ccc(OC(C)C(=O)NC3CC3)cc2C1c1ccccc1. The molecular weight excluding hydrogens is 364 g/mol. The van der Waals surface area contributed by atoms with Crippen molar-refractivity contribution in [2.75, 3.05) is 6.54 Å². The fraction of sp³-hybridized carbons (Fsp3) is 0.417. The molecule has 0 spiro atoms. The van der Waals surface area contributed by atoms with Crippen LogP contribution in [0.3, 0.4) is 0 Å². The first kappa shape index (κ1) is 19.5. The van der Waals surface area contributed by atoms with E-state index in [1.807, 2.05) is 42.2 Å². The summed E-state index contributed by atoms with van der Waals surface area (Å²) in [5.41, 5.74) is 3.39. The van der Waals surface area contributed by atoms with Crippen molar-refractivity contribution in [1.82, 2.24) is 10.2 Å².